The first kappa shape index (κ1) is 37.9. The van der Waals surface area contributed by atoms with E-state index in [1.807, 2.05) is 18.2 Å². The van der Waals surface area contributed by atoms with Crippen LogP contribution in [0.2, 0.25) is 0 Å². The van der Waals surface area contributed by atoms with Crippen molar-refractivity contribution in [1.82, 2.24) is 0 Å². The molecule has 0 aliphatic carbocycles. The number of benzene rings is 1. The van der Waals surface area contributed by atoms with Gasteiger partial charge in [-0.15, -0.1) is 0 Å². The van der Waals surface area contributed by atoms with Crippen LogP contribution in [0.25, 0.3) is 0 Å². The van der Waals surface area contributed by atoms with Gasteiger partial charge >= 0.3 is 17.9 Å². The van der Waals surface area contributed by atoms with E-state index >= 15 is 0 Å². The van der Waals surface area contributed by atoms with Gasteiger partial charge in [-0.3, -0.25) is 0 Å². The summed E-state index contributed by atoms with van der Waals surface area (Å²) in [6.07, 6.45) is 6.78. The number of hydrogen-bond donors (Lipinski definition) is 0. The lowest BCUT2D eigenvalue weighted by molar-refractivity contribution is -0.280. The normalized spacial score (nSPS) is 19.4. The molecule has 0 amide bonds. The monoisotopic (exact) mass is 628 g/mol. The molecule has 250 valence electrons. The summed E-state index contributed by atoms with van der Waals surface area (Å²) in [7, 11) is 0. The molecule has 1 aliphatic rings. The van der Waals surface area contributed by atoms with Crippen LogP contribution < -0.4 is 0 Å². The first-order valence-electron chi connectivity index (χ1n) is 16.0. The molecule has 1 aromatic rings. The molecular formula is C36H52O9. The maximum atomic E-state index is 12.5. The third kappa shape index (κ3) is 15.0. The molecule has 1 fully saturated rings. The zero-order valence-corrected chi connectivity index (χ0v) is 27.4. The Hall–Kier alpha value is -3.27. The molecule has 1 heterocycles. The number of hydrogen-bond acceptors (Lipinski definition) is 9. The van der Waals surface area contributed by atoms with Crippen molar-refractivity contribution in [2.75, 3.05) is 19.8 Å². The summed E-state index contributed by atoms with van der Waals surface area (Å²) in [6, 6.07) is 10.2. The Kier molecular flexibility index (Phi) is 18.1. The molecule has 0 bridgehead atoms. The fourth-order valence-electron chi connectivity index (χ4n) is 4.63. The van der Waals surface area contributed by atoms with Crippen LogP contribution in [-0.4, -0.2) is 62.3 Å². The topological polar surface area (TPSA) is 107 Å². The van der Waals surface area contributed by atoms with Crippen molar-refractivity contribution < 1.29 is 42.8 Å². The Morgan fingerprint density at radius 1 is 0.667 bits per heavy atom. The molecule has 9 heteroatoms. The van der Waals surface area contributed by atoms with E-state index in [1.54, 1.807) is 0 Å². The molecule has 4 atom stereocenters. The highest BCUT2D eigenvalue weighted by atomic mass is 16.7. The molecule has 9 nitrogen and oxygen atoms in total. The summed E-state index contributed by atoms with van der Waals surface area (Å²) in [6.45, 7) is 17.0. The summed E-state index contributed by atoms with van der Waals surface area (Å²) in [5, 5.41) is 0. The first-order valence-corrected chi connectivity index (χ1v) is 16.0. The number of unbranched alkanes of at least 4 members (excludes halogenated alkanes) is 9. The van der Waals surface area contributed by atoms with Crippen LogP contribution in [0, 0.1) is 0 Å². The highest BCUT2D eigenvalue weighted by molar-refractivity contribution is 5.88. The van der Waals surface area contributed by atoms with Gasteiger partial charge in [-0.05, 0) is 39.2 Å². The van der Waals surface area contributed by atoms with Gasteiger partial charge < -0.3 is 28.4 Å². The highest BCUT2D eigenvalue weighted by Gasteiger charge is 2.48. The van der Waals surface area contributed by atoms with Crippen LogP contribution in [-0.2, 0) is 49.4 Å². The van der Waals surface area contributed by atoms with Crippen LogP contribution in [0.5, 0.6) is 0 Å². The van der Waals surface area contributed by atoms with Gasteiger partial charge in [0.1, 0.15) is 0 Å². The van der Waals surface area contributed by atoms with Crippen LogP contribution in [0.15, 0.2) is 66.8 Å². The number of carbonyl (C=O) groups excluding carboxylic acids is 3. The second-order valence-corrected chi connectivity index (χ2v) is 11.7. The second kappa shape index (κ2) is 21.5. The van der Waals surface area contributed by atoms with Gasteiger partial charge in [-0.1, -0.05) is 101 Å². The first-order chi connectivity index (χ1) is 21.6. The van der Waals surface area contributed by atoms with Crippen molar-refractivity contribution in [2.24, 2.45) is 0 Å². The number of rotatable bonds is 22. The highest BCUT2D eigenvalue weighted by Crippen LogP contribution is 2.27. The summed E-state index contributed by atoms with van der Waals surface area (Å²) in [5.74, 6) is -2.12. The van der Waals surface area contributed by atoms with Crippen molar-refractivity contribution in [2.45, 2.75) is 116 Å². The standard InChI is InChI=1S/C36H52O9/c1-26(2)33(37)43-30-25-42-36(32(45-35(39)28(5)6)31(30)44-34(38)27(3)4)41-23-19-14-12-10-8-7-9-11-13-18-22-40-24-29-20-16-15-17-21-29/h15-17,20-21,30-32,36H,1,3,5,7-14,18-19,22-25H2,2,4,6H3/t30-,31+,32-,36-/m1/s1. The molecule has 0 saturated carbocycles. The third-order valence-electron chi connectivity index (χ3n) is 7.25. The molecule has 1 saturated heterocycles. The summed E-state index contributed by atoms with van der Waals surface area (Å²) in [5.41, 5.74) is 1.66. The van der Waals surface area contributed by atoms with Crippen molar-refractivity contribution >= 4 is 17.9 Å². The predicted octanol–water partition coefficient (Wildman–Crippen LogP) is 6.94. The van der Waals surface area contributed by atoms with Gasteiger partial charge in [0.05, 0.1) is 13.2 Å². The quantitative estimate of drug-likeness (QED) is 0.0584. The van der Waals surface area contributed by atoms with E-state index in [4.69, 9.17) is 28.4 Å². The zero-order valence-electron chi connectivity index (χ0n) is 27.4. The van der Waals surface area contributed by atoms with Crippen molar-refractivity contribution in [3.05, 3.63) is 72.4 Å². The molecular weight excluding hydrogens is 576 g/mol. The lowest BCUT2D eigenvalue weighted by Gasteiger charge is -2.40. The van der Waals surface area contributed by atoms with Gasteiger partial charge in [0.25, 0.3) is 0 Å². The van der Waals surface area contributed by atoms with E-state index in [0.717, 1.165) is 38.7 Å². The Bertz CT molecular complexity index is 1100. The second-order valence-electron chi connectivity index (χ2n) is 11.7. The van der Waals surface area contributed by atoms with Gasteiger partial charge in [0, 0.05) is 29.9 Å². The van der Waals surface area contributed by atoms with Gasteiger partial charge in [0.2, 0.25) is 0 Å². The molecule has 1 aliphatic heterocycles. The van der Waals surface area contributed by atoms with Crippen LogP contribution >= 0.6 is 0 Å². The molecule has 45 heavy (non-hydrogen) atoms. The molecule has 0 N–H and O–H groups in total. The van der Waals surface area contributed by atoms with E-state index in [0.29, 0.717) is 13.2 Å². The number of carbonyl (C=O) groups is 3. The predicted molar refractivity (Wildman–Crippen MR) is 172 cm³/mol. The molecule has 0 aromatic heterocycles. The Morgan fingerprint density at radius 2 is 1.13 bits per heavy atom. The average Bonchev–Trinajstić information content (AvgIpc) is 3.01. The third-order valence-corrected chi connectivity index (χ3v) is 7.25. The van der Waals surface area contributed by atoms with E-state index in [2.05, 4.69) is 31.9 Å². The smallest absolute Gasteiger partial charge is 0.333 e. The van der Waals surface area contributed by atoms with Crippen LogP contribution in [0.4, 0.5) is 0 Å². The van der Waals surface area contributed by atoms with E-state index in [-0.39, 0.29) is 23.3 Å². The van der Waals surface area contributed by atoms with E-state index in [1.165, 1.54) is 58.4 Å². The minimum Gasteiger partial charge on any atom is -0.452 e. The lowest BCUT2D eigenvalue weighted by atomic mass is 10.0. The zero-order chi connectivity index (χ0) is 33.0. The van der Waals surface area contributed by atoms with E-state index in [9.17, 15) is 14.4 Å². The fourth-order valence-corrected chi connectivity index (χ4v) is 4.63. The largest absolute Gasteiger partial charge is 0.452 e. The lowest BCUT2D eigenvalue weighted by Crippen LogP contribution is -2.58. The maximum Gasteiger partial charge on any atom is 0.333 e. The maximum absolute atomic E-state index is 12.5. The summed E-state index contributed by atoms with van der Waals surface area (Å²) in [4.78, 5) is 37.2. The van der Waals surface area contributed by atoms with Gasteiger partial charge in [-0.25, -0.2) is 14.4 Å². The average molecular weight is 629 g/mol. The Morgan fingerprint density at radius 3 is 1.67 bits per heavy atom. The van der Waals surface area contributed by atoms with Crippen molar-refractivity contribution in [1.29, 1.82) is 0 Å². The van der Waals surface area contributed by atoms with Crippen molar-refractivity contribution in [3.63, 3.8) is 0 Å². The minimum atomic E-state index is -1.19. The molecule has 0 unspecified atom stereocenters. The number of ether oxygens (including phenoxy) is 6. The molecule has 2 rings (SSSR count). The van der Waals surface area contributed by atoms with E-state index < -0.39 is 42.5 Å². The van der Waals surface area contributed by atoms with Gasteiger partial charge in [0.15, 0.2) is 24.6 Å². The SMILES string of the molecule is C=C(C)C(=O)O[C@@H]1[C@@H](OC(=O)C(=C)C)[C@H](OCCCCCCCCCCCCOCc2ccccc2)OC[C@H]1OC(=O)C(=C)C. The van der Waals surface area contributed by atoms with Gasteiger partial charge in [-0.2, -0.15) is 0 Å². The Labute approximate surface area is 268 Å². The van der Waals surface area contributed by atoms with Crippen LogP contribution in [0.3, 0.4) is 0 Å². The number of esters is 3. The molecule has 0 radical (unpaired) electrons. The van der Waals surface area contributed by atoms with Crippen molar-refractivity contribution in [3.8, 4) is 0 Å². The van der Waals surface area contributed by atoms with Crippen LogP contribution in [0.1, 0.15) is 90.5 Å². The molecule has 0 spiro atoms. The fraction of sp³-hybridized carbons (Fsp3) is 0.583. The minimum absolute atomic E-state index is 0.125. The summed E-state index contributed by atoms with van der Waals surface area (Å²) < 4.78 is 34.2. The molecule has 1 aromatic carbocycles. The summed E-state index contributed by atoms with van der Waals surface area (Å²) >= 11 is 0. The Balaban J connectivity index is 1.70.